The molecule has 3 aromatic rings. The number of H-pyrrole nitrogens is 1. The van der Waals surface area contributed by atoms with Crippen LogP contribution in [-0.2, 0) is 6.42 Å². The first kappa shape index (κ1) is 29.9. The van der Waals surface area contributed by atoms with Gasteiger partial charge in [-0.3, -0.25) is 4.79 Å². The summed E-state index contributed by atoms with van der Waals surface area (Å²) in [5, 5.41) is 5.77. The van der Waals surface area contributed by atoms with Crippen molar-refractivity contribution in [3.8, 4) is 0 Å². The second kappa shape index (κ2) is 13.6. The van der Waals surface area contributed by atoms with Crippen molar-refractivity contribution in [2.24, 2.45) is 23.4 Å². The Labute approximate surface area is 248 Å². The van der Waals surface area contributed by atoms with Crippen LogP contribution < -0.4 is 16.9 Å². The Morgan fingerprint density at radius 1 is 1.12 bits per heavy atom. The molecule has 3 heterocycles. The first-order valence-corrected chi connectivity index (χ1v) is 15.4. The molecule has 0 aliphatic carbocycles. The van der Waals surface area contributed by atoms with Gasteiger partial charge in [-0.25, -0.2) is 10.2 Å². The van der Waals surface area contributed by atoms with Crippen molar-refractivity contribution >= 4 is 28.2 Å². The number of nitrogens with two attached hydrogens (primary N) is 2. The van der Waals surface area contributed by atoms with Crippen LogP contribution in [-0.4, -0.2) is 71.5 Å². The summed E-state index contributed by atoms with van der Waals surface area (Å²) in [6.07, 6.45) is 6.89. The van der Waals surface area contributed by atoms with Gasteiger partial charge in [-0.1, -0.05) is 26.0 Å². The van der Waals surface area contributed by atoms with Gasteiger partial charge in [0.2, 0.25) is 0 Å². The third kappa shape index (κ3) is 7.44. The lowest BCUT2D eigenvalue weighted by Crippen LogP contribution is -2.41. The quantitative estimate of drug-likeness (QED) is 0.189. The number of amides is 1. The molecular weight excluding hydrogens is 529 g/mol. The highest BCUT2D eigenvalue weighted by Crippen LogP contribution is 2.30. The van der Waals surface area contributed by atoms with Gasteiger partial charge in [-0.15, -0.1) is 0 Å². The van der Waals surface area contributed by atoms with E-state index in [-0.39, 0.29) is 11.7 Å². The first-order valence-electron chi connectivity index (χ1n) is 15.4. The Morgan fingerprint density at radius 3 is 2.52 bits per heavy atom. The fourth-order valence-corrected chi connectivity index (χ4v) is 6.28. The highest BCUT2D eigenvalue weighted by atomic mass is 19.1. The van der Waals surface area contributed by atoms with Crippen LogP contribution >= 0.6 is 0 Å². The molecule has 0 bridgehead atoms. The summed E-state index contributed by atoms with van der Waals surface area (Å²) in [7, 11) is 0. The number of likely N-dealkylation sites (tertiary alicyclic amines) is 2. The van der Waals surface area contributed by atoms with Crippen molar-refractivity contribution in [1.29, 1.82) is 0 Å². The van der Waals surface area contributed by atoms with Gasteiger partial charge >= 0.3 is 0 Å². The summed E-state index contributed by atoms with van der Waals surface area (Å²) in [5.41, 5.74) is 11.1. The lowest BCUT2D eigenvalue weighted by molar-refractivity contribution is 0.0787. The fourth-order valence-electron chi connectivity index (χ4n) is 6.28. The molecule has 2 saturated heterocycles. The van der Waals surface area contributed by atoms with Gasteiger partial charge in [0.25, 0.3) is 5.91 Å². The lowest BCUT2D eigenvalue weighted by atomic mass is 9.96. The number of halogens is 1. The number of hydrogen-bond acceptors (Lipinski definition) is 6. The zero-order valence-corrected chi connectivity index (χ0v) is 25.0. The monoisotopic (exact) mass is 575 g/mol. The molecule has 6 N–H and O–H groups in total. The van der Waals surface area contributed by atoms with E-state index in [0.29, 0.717) is 46.2 Å². The van der Waals surface area contributed by atoms with E-state index < -0.39 is 0 Å². The van der Waals surface area contributed by atoms with Gasteiger partial charge in [-0.05, 0) is 92.9 Å². The van der Waals surface area contributed by atoms with Crippen LogP contribution in [0.4, 0.5) is 10.1 Å². The third-order valence-electron chi connectivity index (χ3n) is 8.49. The van der Waals surface area contributed by atoms with Gasteiger partial charge in [0.05, 0.1) is 5.70 Å². The summed E-state index contributed by atoms with van der Waals surface area (Å²) in [6.45, 7) is 10.6. The van der Waals surface area contributed by atoms with E-state index in [0.717, 1.165) is 71.4 Å². The van der Waals surface area contributed by atoms with Gasteiger partial charge < -0.3 is 30.8 Å². The fraction of sp³-hybridized carbons (Fsp3) is 0.485. The number of aromatic amines is 1. The van der Waals surface area contributed by atoms with Crippen molar-refractivity contribution in [2.75, 3.05) is 51.1 Å². The largest absolute Gasteiger partial charge is 0.397 e. The standard InChI is InChI=1S/C33H46FN7O/c1-23(2)19-24-5-8-27(9-6-24)37-13-18-39-16-11-25(12-17-39)21-41(36)22-29(35)31-28-20-26(34)7-10-30(28)38-32(31)33(42)40-14-3-4-15-40/h5-10,20,22-23,25,37-38H,3-4,11-19,21,35-36H2,1-2H3/b29-22-. The zero-order chi connectivity index (χ0) is 29.6. The van der Waals surface area contributed by atoms with Crippen LogP contribution in [0.5, 0.6) is 0 Å². The summed E-state index contributed by atoms with van der Waals surface area (Å²) < 4.78 is 14.2. The summed E-state index contributed by atoms with van der Waals surface area (Å²) in [4.78, 5) is 20.8. The maximum absolute atomic E-state index is 14.2. The molecule has 0 atom stereocenters. The van der Waals surface area contributed by atoms with E-state index in [4.69, 9.17) is 11.6 Å². The van der Waals surface area contributed by atoms with Crippen LogP contribution in [0.1, 0.15) is 61.1 Å². The molecule has 2 aliphatic heterocycles. The topological polar surface area (TPSA) is 107 Å². The van der Waals surface area contributed by atoms with Crippen LogP contribution in [0.25, 0.3) is 16.6 Å². The molecule has 5 rings (SSSR count). The Bertz CT molecular complexity index is 1370. The van der Waals surface area contributed by atoms with Crippen LogP contribution in [0, 0.1) is 17.7 Å². The number of nitrogens with one attached hydrogen (secondary N) is 2. The minimum absolute atomic E-state index is 0.107. The predicted molar refractivity (Wildman–Crippen MR) is 169 cm³/mol. The van der Waals surface area contributed by atoms with Crippen molar-refractivity contribution in [2.45, 2.75) is 46.0 Å². The third-order valence-corrected chi connectivity index (χ3v) is 8.49. The summed E-state index contributed by atoms with van der Waals surface area (Å²) in [5.74, 6) is 7.06. The Kier molecular flexibility index (Phi) is 9.69. The SMILES string of the molecule is CC(C)Cc1ccc(NCCN2CCC(CN(N)/C=C(\N)c3c(C(=O)N4CCCC4)[nH]c4ccc(F)cc34)CC2)cc1. The van der Waals surface area contributed by atoms with E-state index in [1.165, 1.54) is 23.4 Å². The number of rotatable bonds is 11. The zero-order valence-electron chi connectivity index (χ0n) is 25.0. The lowest BCUT2D eigenvalue weighted by Gasteiger charge is -2.33. The highest BCUT2D eigenvalue weighted by Gasteiger charge is 2.27. The van der Waals surface area contributed by atoms with E-state index in [1.807, 2.05) is 4.90 Å². The number of carbonyl (C=O) groups excluding carboxylic acids is 1. The van der Waals surface area contributed by atoms with Crippen molar-refractivity contribution in [3.05, 3.63) is 71.3 Å². The number of fused-ring (bicyclic) bond motifs is 1. The van der Waals surface area contributed by atoms with E-state index in [2.05, 4.69) is 53.3 Å². The summed E-state index contributed by atoms with van der Waals surface area (Å²) in [6, 6.07) is 13.3. The van der Waals surface area contributed by atoms with Crippen molar-refractivity contribution < 1.29 is 9.18 Å². The molecule has 226 valence electrons. The van der Waals surface area contributed by atoms with Crippen LogP contribution in [0.2, 0.25) is 0 Å². The van der Waals surface area contributed by atoms with Gasteiger partial charge in [0, 0.05) is 61.1 Å². The maximum Gasteiger partial charge on any atom is 0.271 e. The van der Waals surface area contributed by atoms with E-state index in [1.54, 1.807) is 17.3 Å². The molecule has 0 spiro atoms. The second-order valence-electron chi connectivity index (χ2n) is 12.4. The number of benzene rings is 2. The average molecular weight is 576 g/mol. The molecule has 1 aromatic heterocycles. The van der Waals surface area contributed by atoms with Crippen LogP contribution in [0.15, 0.2) is 48.7 Å². The molecule has 2 aliphatic rings. The minimum Gasteiger partial charge on any atom is -0.397 e. The number of nitrogens with zero attached hydrogens (tertiary/aromatic N) is 3. The van der Waals surface area contributed by atoms with Gasteiger partial charge in [-0.2, -0.15) is 0 Å². The average Bonchev–Trinajstić information content (AvgIpc) is 3.63. The van der Waals surface area contributed by atoms with Gasteiger partial charge in [0.15, 0.2) is 0 Å². The van der Waals surface area contributed by atoms with Gasteiger partial charge in [0.1, 0.15) is 11.5 Å². The molecule has 0 radical (unpaired) electrons. The Morgan fingerprint density at radius 2 is 1.83 bits per heavy atom. The molecule has 1 amide bonds. The number of hydrazine groups is 1. The maximum atomic E-state index is 14.2. The molecule has 2 fully saturated rings. The predicted octanol–water partition coefficient (Wildman–Crippen LogP) is 5.00. The molecule has 0 unspecified atom stereocenters. The Balaban J connectivity index is 1.14. The second-order valence-corrected chi connectivity index (χ2v) is 12.4. The Hall–Kier alpha value is -3.56. The first-order chi connectivity index (χ1) is 20.3. The molecule has 9 heteroatoms. The van der Waals surface area contributed by atoms with E-state index in [9.17, 15) is 9.18 Å². The summed E-state index contributed by atoms with van der Waals surface area (Å²) >= 11 is 0. The molecule has 42 heavy (non-hydrogen) atoms. The van der Waals surface area contributed by atoms with E-state index >= 15 is 0 Å². The number of aromatic nitrogens is 1. The smallest absolute Gasteiger partial charge is 0.271 e. The van der Waals surface area contributed by atoms with Crippen molar-refractivity contribution in [1.82, 2.24) is 19.8 Å². The van der Waals surface area contributed by atoms with Crippen molar-refractivity contribution in [3.63, 3.8) is 0 Å². The molecule has 0 saturated carbocycles. The molecule has 2 aromatic carbocycles. The number of hydrogen-bond donors (Lipinski definition) is 4. The minimum atomic E-state index is -0.373. The van der Waals surface area contributed by atoms with Crippen LogP contribution in [0.3, 0.4) is 0 Å². The highest BCUT2D eigenvalue weighted by molar-refractivity contribution is 6.06. The number of anilines is 1. The normalized spacial score (nSPS) is 17.0. The molecule has 8 nitrogen and oxygen atoms in total. The number of piperidine rings is 1. The number of carbonyl (C=O) groups is 1. The molecular formula is C33H46FN7O.